The number of rotatable bonds is 4. The molecule has 4 nitrogen and oxygen atoms in total. The normalized spacial score (nSPS) is 20.5. The quantitative estimate of drug-likeness (QED) is 0.350. The summed E-state index contributed by atoms with van der Waals surface area (Å²) in [5.74, 6) is 6.40. The molecule has 3 heterocycles. The van der Waals surface area contributed by atoms with Gasteiger partial charge in [0, 0.05) is 51.6 Å². The first-order valence-corrected chi connectivity index (χ1v) is 13.0. The van der Waals surface area contributed by atoms with Crippen LogP contribution in [0.25, 0.3) is 21.2 Å². The van der Waals surface area contributed by atoms with Crippen LogP contribution in [0.15, 0.2) is 66.9 Å². The van der Waals surface area contributed by atoms with Crippen LogP contribution in [-0.4, -0.2) is 44.9 Å². The standard InChI is InChI=1S/C29H27ClN2O2S/c1-2-29(34)13-14-32(19-28(29)33)18-26-16-23-15-20(4-12-27(23)35-26)3-10-25-11-7-22(17-31-25)21-5-8-24(30)9-6-21/h4-9,11-12,15-17,28,33-34H,2,13-14,18-19H2,1H3/t28-,29+/m0/s1. The van der Waals surface area contributed by atoms with E-state index in [4.69, 9.17) is 11.6 Å². The molecular formula is C29H27ClN2O2S. The molecule has 2 N–H and O–H groups in total. The van der Waals surface area contributed by atoms with Crippen molar-refractivity contribution in [2.45, 2.75) is 38.0 Å². The van der Waals surface area contributed by atoms with Gasteiger partial charge in [0.25, 0.3) is 0 Å². The van der Waals surface area contributed by atoms with E-state index < -0.39 is 11.7 Å². The topological polar surface area (TPSA) is 56.6 Å². The largest absolute Gasteiger partial charge is 0.389 e. The zero-order valence-electron chi connectivity index (χ0n) is 19.5. The van der Waals surface area contributed by atoms with E-state index in [1.54, 1.807) is 11.3 Å². The Labute approximate surface area is 214 Å². The van der Waals surface area contributed by atoms with E-state index in [1.807, 2.05) is 55.6 Å². The van der Waals surface area contributed by atoms with Crippen LogP contribution in [0.1, 0.15) is 35.9 Å². The molecule has 1 aliphatic rings. The Morgan fingerprint density at radius 3 is 2.60 bits per heavy atom. The molecule has 5 rings (SSSR count). The number of likely N-dealkylation sites (tertiary alicyclic amines) is 1. The summed E-state index contributed by atoms with van der Waals surface area (Å²) >= 11 is 7.74. The Morgan fingerprint density at radius 1 is 1.09 bits per heavy atom. The van der Waals surface area contributed by atoms with Gasteiger partial charge in [-0.3, -0.25) is 4.90 Å². The Morgan fingerprint density at radius 2 is 1.89 bits per heavy atom. The monoisotopic (exact) mass is 502 g/mol. The molecule has 0 amide bonds. The van der Waals surface area contributed by atoms with Gasteiger partial charge in [0.2, 0.25) is 0 Å². The van der Waals surface area contributed by atoms with Crippen LogP contribution < -0.4 is 0 Å². The van der Waals surface area contributed by atoms with E-state index >= 15 is 0 Å². The number of pyridine rings is 1. The molecule has 0 unspecified atom stereocenters. The first kappa shape index (κ1) is 24.0. The predicted octanol–water partition coefficient (Wildman–Crippen LogP) is 5.72. The smallest absolute Gasteiger partial charge is 0.113 e. The summed E-state index contributed by atoms with van der Waals surface area (Å²) < 4.78 is 1.22. The molecule has 2 aromatic heterocycles. The number of aliphatic hydroxyl groups excluding tert-OH is 1. The molecule has 1 fully saturated rings. The number of aromatic nitrogens is 1. The van der Waals surface area contributed by atoms with Crippen molar-refractivity contribution in [2.24, 2.45) is 0 Å². The molecule has 0 radical (unpaired) electrons. The molecule has 0 spiro atoms. The zero-order chi connectivity index (χ0) is 24.4. The zero-order valence-corrected chi connectivity index (χ0v) is 21.1. The number of nitrogens with zero attached hydrogens (tertiary/aromatic N) is 2. The maximum absolute atomic E-state index is 10.5. The molecule has 0 aliphatic carbocycles. The lowest BCUT2D eigenvalue weighted by Gasteiger charge is -2.41. The molecule has 0 saturated carbocycles. The Kier molecular flexibility index (Phi) is 6.93. The number of hydrogen-bond donors (Lipinski definition) is 2. The summed E-state index contributed by atoms with van der Waals surface area (Å²) in [7, 11) is 0. The van der Waals surface area contributed by atoms with Crippen LogP contribution in [0.4, 0.5) is 0 Å². The summed E-state index contributed by atoms with van der Waals surface area (Å²) in [5.41, 5.74) is 2.83. The fourth-order valence-corrected chi connectivity index (χ4v) is 5.68. The van der Waals surface area contributed by atoms with Crippen LogP contribution in [0.3, 0.4) is 0 Å². The Hall–Kier alpha value is -2.72. The van der Waals surface area contributed by atoms with Crippen molar-refractivity contribution in [3.63, 3.8) is 0 Å². The van der Waals surface area contributed by atoms with Gasteiger partial charge in [-0.25, -0.2) is 4.98 Å². The van der Waals surface area contributed by atoms with Crippen molar-refractivity contribution >= 4 is 33.0 Å². The average molecular weight is 503 g/mol. The number of benzene rings is 2. The minimum atomic E-state index is -0.949. The maximum atomic E-state index is 10.5. The van der Waals surface area contributed by atoms with Gasteiger partial charge in [-0.15, -0.1) is 11.3 Å². The number of piperidine rings is 1. The SMILES string of the molecule is CC[C@@]1(O)CCN(Cc2cc3cc(C#Cc4ccc(-c5ccc(Cl)cc5)cn4)ccc3s2)C[C@@H]1O. The van der Waals surface area contributed by atoms with Crippen molar-refractivity contribution in [3.05, 3.63) is 88.0 Å². The average Bonchev–Trinajstić information content (AvgIpc) is 3.27. The van der Waals surface area contributed by atoms with Crippen molar-refractivity contribution in [2.75, 3.05) is 13.1 Å². The third-order valence-electron chi connectivity index (χ3n) is 6.75. The van der Waals surface area contributed by atoms with E-state index in [0.29, 0.717) is 24.4 Å². The summed E-state index contributed by atoms with van der Waals surface area (Å²) in [5, 5.41) is 22.8. The van der Waals surface area contributed by atoms with Gasteiger partial charge < -0.3 is 10.2 Å². The van der Waals surface area contributed by atoms with Gasteiger partial charge in [-0.2, -0.15) is 0 Å². The third kappa shape index (κ3) is 5.43. The highest BCUT2D eigenvalue weighted by atomic mass is 35.5. The Bertz CT molecular complexity index is 1390. The fourth-order valence-electron chi connectivity index (χ4n) is 4.47. The van der Waals surface area contributed by atoms with E-state index in [-0.39, 0.29) is 0 Å². The number of fused-ring (bicyclic) bond motifs is 1. The number of thiophene rings is 1. The van der Waals surface area contributed by atoms with Gasteiger partial charge in [0.15, 0.2) is 0 Å². The lowest BCUT2D eigenvalue weighted by atomic mass is 9.86. The first-order chi connectivity index (χ1) is 16.9. The van der Waals surface area contributed by atoms with Crippen molar-refractivity contribution in [3.8, 4) is 23.0 Å². The molecule has 0 bridgehead atoms. The van der Waals surface area contributed by atoms with Gasteiger partial charge in [-0.1, -0.05) is 42.6 Å². The molecule has 2 atom stereocenters. The maximum Gasteiger partial charge on any atom is 0.113 e. The second-order valence-corrected chi connectivity index (χ2v) is 10.7. The van der Waals surface area contributed by atoms with E-state index in [0.717, 1.165) is 35.5 Å². The van der Waals surface area contributed by atoms with E-state index in [2.05, 4.69) is 39.9 Å². The third-order valence-corrected chi connectivity index (χ3v) is 8.10. The first-order valence-electron chi connectivity index (χ1n) is 11.8. The Balaban J connectivity index is 1.27. The summed E-state index contributed by atoms with van der Waals surface area (Å²) in [6, 6.07) is 20.1. The summed E-state index contributed by atoms with van der Waals surface area (Å²) in [6.07, 6.45) is 2.31. The van der Waals surface area contributed by atoms with Crippen LogP contribution in [0.2, 0.25) is 5.02 Å². The fraction of sp³-hybridized carbons (Fsp3) is 0.276. The van der Waals surface area contributed by atoms with E-state index in [9.17, 15) is 10.2 Å². The van der Waals surface area contributed by atoms with Crippen LogP contribution in [0, 0.1) is 11.8 Å². The molecular weight excluding hydrogens is 476 g/mol. The van der Waals surface area contributed by atoms with Crippen LogP contribution in [-0.2, 0) is 6.54 Å². The molecule has 178 valence electrons. The summed E-state index contributed by atoms with van der Waals surface area (Å²) in [6.45, 7) is 3.99. The second-order valence-electron chi connectivity index (χ2n) is 9.11. The van der Waals surface area contributed by atoms with Crippen molar-refractivity contribution in [1.29, 1.82) is 0 Å². The lowest BCUT2D eigenvalue weighted by Crippen LogP contribution is -2.54. The molecule has 1 aliphatic heterocycles. The molecule has 6 heteroatoms. The predicted molar refractivity (Wildman–Crippen MR) is 144 cm³/mol. The van der Waals surface area contributed by atoms with Crippen LogP contribution in [0.5, 0.6) is 0 Å². The number of aliphatic hydroxyl groups is 2. The highest BCUT2D eigenvalue weighted by Gasteiger charge is 2.38. The number of halogens is 1. The minimum absolute atomic E-state index is 0.499. The lowest BCUT2D eigenvalue weighted by molar-refractivity contribution is -0.121. The number of hydrogen-bond acceptors (Lipinski definition) is 5. The highest BCUT2D eigenvalue weighted by molar-refractivity contribution is 7.19. The molecule has 1 saturated heterocycles. The second kappa shape index (κ2) is 10.1. The van der Waals surface area contributed by atoms with Gasteiger partial charge in [0.1, 0.15) is 5.69 Å². The van der Waals surface area contributed by atoms with Crippen molar-refractivity contribution in [1.82, 2.24) is 9.88 Å². The highest BCUT2D eigenvalue weighted by Crippen LogP contribution is 2.31. The van der Waals surface area contributed by atoms with Crippen LogP contribution >= 0.6 is 22.9 Å². The molecule has 35 heavy (non-hydrogen) atoms. The van der Waals surface area contributed by atoms with E-state index in [1.165, 1.54) is 15.0 Å². The van der Waals surface area contributed by atoms with Gasteiger partial charge in [0.05, 0.1) is 11.7 Å². The van der Waals surface area contributed by atoms with Crippen molar-refractivity contribution < 1.29 is 10.2 Å². The minimum Gasteiger partial charge on any atom is -0.389 e. The molecule has 4 aromatic rings. The van der Waals surface area contributed by atoms with Gasteiger partial charge >= 0.3 is 0 Å². The van der Waals surface area contributed by atoms with Gasteiger partial charge in [-0.05, 0) is 72.2 Å². The number of β-amino-alcohol motifs (C(OH)–C–C–N with tert-alkyl or cyclic N) is 1. The molecule has 2 aromatic carbocycles. The summed E-state index contributed by atoms with van der Waals surface area (Å²) in [4.78, 5) is 7.97.